The molecular formula is C12H13N3O2S. The van der Waals surface area contributed by atoms with Gasteiger partial charge in [0.05, 0.1) is 5.01 Å². The van der Waals surface area contributed by atoms with Crippen LogP contribution >= 0.6 is 11.3 Å². The molecule has 0 aliphatic carbocycles. The Kier molecular flexibility index (Phi) is 3.47. The van der Waals surface area contributed by atoms with Gasteiger partial charge in [-0.05, 0) is 25.1 Å². The molecule has 2 rings (SSSR count). The lowest BCUT2D eigenvalue weighted by atomic mass is 10.2. The summed E-state index contributed by atoms with van der Waals surface area (Å²) in [5.41, 5.74) is 7.13. The van der Waals surface area contributed by atoms with Crippen LogP contribution in [0.2, 0.25) is 0 Å². The predicted molar refractivity (Wildman–Crippen MR) is 70.5 cm³/mol. The van der Waals surface area contributed by atoms with Gasteiger partial charge in [-0.3, -0.25) is 4.79 Å². The largest absolute Gasteiger partial charge is 0.508 e. The molecule has 18 heavy (non-hydrogen) atoms. The Morgan fingerprint density at radius 2 is 2.33 bits per heavy atom. The standard InChI is InChI=1S/C12H13N3O2S/c1-7-15-10(6-18-7)12(17)14-5-8-4-9(13)2-3-11(8)16/h2-4,6,16H,5,13H2,1H3,(H,14,17). The fraction of sp³-hybridized carbons (Fsp3) is 0.167. The Hall–Kier alpha value is -2.08. The van der Waals surface area contributed by atoms with Crippen molar-refractivity contribution in [3.63, 3.8) is 0 Å². The van der Waals surface area contributed by atoms with Gasteiger partial charge in [0.1, 0.15) is 11.4 Å². The first-order chi connectivity index (χ1) is 8.56. The van der Waals surface area contributed by atoms with Crippen molar-refractivity contribution in [1.82, 2.24) is 10.3 Å². The van der Waals surface area contributed by atoms with Crippen molar-refractivity contribution in [1.29, 1.82) is 0 Å². The van der Waals surface area contributed by atoms with Gasteiger partial charge >= 0.3 is 0 Å². The Morgan fingerprint density at radius 3 is 3.00 bits per heavy atom. The molecule has 0 aliphatic heterocycles. The fourth-order valence-electron chi connectivity index (χ4n) is 1.48. The Balaban J connectivity index is 2.03. The summed E-state index contributed by atoms with van der Waals surface area (Å²) < 4.78 is 0. The van der Waals surface area contributed by atoms with Crippen LogP contribution in [-0.2, 0) is 6.54 Å². The summed E-state index contributed by atoms with van der Waals surface area (Å²) in [6.07, 6.45) is 0. The van der Waals surface area contributed by atoms with Crippen LogP contribution in [0.15, 0.2) is 23.6 Å². The summed E-state index contributed by atoms with van der Waals surface area (Å²) >= 11 is 1.42. The number of aryl methyl sites for hydroxylation is 1. The number of rotatable bonds is 3. The number of benzene rings is 1. The highest BCUT2D eigenvalue weighted by atomic mass is 32.1. The van der Waals surface area contributed by atoms with Crippen LogP contribution < -0.4 is 11.1 Å². The first kappa shape index (κ1) is 12.4. The van der Waals surface area contributed by atoms with Crippen LogP contribution in [-0.4, -0.2) is 16.0 Å². The smallest absolute Gasteiger partial charge is 0.271 e. The lowest BCUT2D eigenvalue weighted by molar-refractivity contribution is 0.0946. The number of thiazole rings is 1. The van der Waals surface area contributed by atoms with Crippen LogP contribution in [0, 0.1) is 6.92 Å². The summed E-state index contributed by atoms with van der Waals surface area (Å²) in [6.45, 7) is 2.05. The number of carbonyl (C=O) groups is 1. The lowest BCUT2D eigenvalue weighted by Crippen LogP contribution is -2.23. The third-order valence-electron chi connectivity index (χ3n) is 2.39. The zero-order chi connectivity index (χ0) is 13.1. The van der Waals surface area contributed by atoms with Gasteiger partial charge in [0.15, 0.2) is 0 Å². The second-order valence-electron chi connectivity index (χ2n) is 3.82. The van der Waals surface area contributed by atoms with Gasteiger partial charge in [-0.2, -0.15) is 0 Å². The molecular weight excluding hydrogens is 250 g/mol. The predicted octanol–water partition coefficient (Wildman–Crippen LogP) is 1.67. The molecule has 0 atom stereocenters. The van der Waals surface area contributed by atoms with E-state index in [1.165, 1.54) is 17.4 Å². The minimum Gasteiger partial charge on any atom is -0.508 e. The van der Waals surface area contributed by atoms with E-state index in [1.54, 1.807) is 17.5 Å². The Bertz CT molecular complexity index is 580. The molecule has 5 nitrogen and oxygen atoms in total. The second-order valence-corrected chi connectivity index (χ2v) is 4.88. The number of anilines is 1. The molecule has 0 spiro atoms. The number of amides is 1. The summed E-state index contributed by atoms with van der Waals surface area (Å²) in [7, 11) is 0. The highest BCUT2D eigenvalue weighted by Gasteiger charge is 2.10. The van der Waals surface area contributed by atoms with Crippen molar-refractivity contribution in [2.45, 2.75) is 13.5 Å². The first-order valence-electron chi connectivity index (χ1n) is 5.34. The zero-order valence-electron chi connectivity index (χ0n) is 9.80. The third-order valence-corrected chi connectivity index (χ3v) is 3.17. The number of hydrogen-bond donors (Lipinski definition) is 3. The first-order valence-corrected chi connectivity index (χ1v) is 6.22. The average molecular weight is 263 g/mol. The molecule has 0 radical (unpaired) electrons. The number of aromatic hydroxyl groups is 1. The second kappa shape index (κ2) is 5.05. The number of nitrogens with one attached hydrogen (secondary N) is 1. The number of phenolic OH excluding ortho intramolecular Hbond substituents is 1. The van der Waals surface area contributed by atoms with E-state index in [0.29, 0.717) is 16.9 Å². The Morgan fingerprint density at radius 1 is 1.56 bits per heavy atom. The molecule has 0 aliphatic rings. The van der Waals surface area contributed by atoms with Gasteiger partial charge in [0, 0.05) is 23.2 Å². The van der Waals surface area contributed by atoms with Crippen molar-refractivity contribution in [3.05, 3.63) is 39.8 Å². The highest BCUT2D eigenvalue weighted by Crippen LogP contribution is 2.19. The zero-order valence-corrected chi connectivity index (χ0v) is 10.6. The molecule has 0 saturated carbocycles. The number of nitrogens with zero attached hydrogens (tertiary/aromatic N) is 1. The Labute approximate surface area is 108 Å². The van der Waals surface area contributed by atoms with E-state index in [2.05, 4.69) is 10.3 Å². The molecule has 0 unspecified atom stereocenters. The van der Waals surface area contributed by atoms with E-state index in [0.717, 1.165) is 5.01 Å². The third kappa shape index (κ3) is 2.78. The normalized spacial score (nSPS) is 10.3. The summed E-state index contributed by atoms with van der Waals surface area (Å²) in [4.78, 5) is 15.8. The summed E-state index contributed by atoms with van der Waals surface area (Å²) in [6, 6.07) is 4.73. The molecule has 1 aromatic heterocycles. The van der Waals surface area contributed by atoms with Crippen LogP contribution in [0.4, 0.5) is 5.69 Å². The molecule has 2 aromatic rings. The maximum absolute atomic E-state index is 11.7. The topological polar surface area (TPSA) is 88.2 Å². The van der Waals surface area contributed by atoms with Gasteiger partial charge in [-0.25, -0.2) is 4.98 Å². The maximum Gasteiger partial charge on any atom is 0.271 e. The average Bonchev–Trinajstić information content (AvgIpc) is 2.77. The van der Waals surface area contributed by atoms with Gasteiger partial charge in [-0.15, -0.1) is 11.3 Å². The molecule has 1 aromatic carbocycles. The minimum atomic E-state index is -0.263. The number of nitrogen functional groups attached to an aromatic ring is 1. The van der Waals surface area contributed by atoms with E-state index in [-0.39, 0.29) is 18.2 Å². The SMILES string of the molecule is Cc1nc(C(=O)NCc2cc(N)ccc2O)cs1. The number of phenols is 1. The van der Waals surface area contributed by atoms with Crippen molar-refractivity contribution >= 4 is 22.9 Å². The molecule has 4 N–H and O–H groups in total. The van der Waals surface area contributed by atoms with E-state index < -0.39 is 0 Å². The molecule has 1 heterocycles. The van der Waals surface area contributed by atoms with Crippen LogP contribution in [0.1, 0.15) is 21.1 Å². The van der Waals surface area contributed by atoms with E-state index in [4.69, 9.17) is 5.73 Å². The van der Waals surface area contributed by atoms with Crippen LogP contribution in [0.25, 0.3) is 0 Å². The van der Waals surface area contributed by atoms with E-state index in [9.17, 15) is 9.90 Å². The molecule has 0 saturated heterocycles. The fourth-order valence-corrected chi connectivity index (χ4v) is 2.07. The monoisotopic (exact) mass is 263 g/mol. The van der Waals surface area contributed by atoms with Gasteiger partial charge < -0.3 is 16.2 Å². The number of nitrogens with two attached hydrogens (primary N) is 1. The summed E-state index contributed by atoms with van der Waals surface area (Å²) in [5, 5.41) is 14.8. The van der Waals surface area contributed by atoms with Crippen molar-refractivity contribution < 1.29 is 9.90 Å². The minimum absolute atomic E-state index is 0.110. The van der Waals surface area contributed by atoms with Crippen LogP contribution in [0.3, 0.4) is 0 Å². The maximum atomic E-state index is 11.7. The van der Waals surface area contributed by atoms with Gasteiger partial charge in [-0.1, -0.05) is 0 Å². The van der Waals surface area contributed by atoms with Crippen LogP contribution in [0.5, 0.6) is 5.75 Å². The molecule has 94 valence electrons. The van der Waals surface area contributed by atoms with E-state index in [1.807, 2.05) is 6.92 Å². The molecule has 0 bridgehead atoms. The van der Waals surface area contributed by atoms with E-state index >= 15 is 0 Å². The quantitative estimate of drug-likeness (QED) is 0.580. The molecule has 1 amide bonds. The van der Waals surface area contributed by atoms with Crippen molar-refractivity contribution in [2.75, 3.05) is 5.73 Å². The lowest BCUT2D eigenvalue weighted by Gasteiger charge is -2.06. The molecule has 0 fully saturated rings. The number of carbonyl (C=O) groups excluding carboxylic acids is 1. The highest BCUT2D eigenvalue weighted by molar-refractivity contribution is 7.09. The van der Waals surface area contributed by atoms with Crippen molar-refractivity contribution in [3.8, 4) is 5.75 Å². The van der Waals surface area contributed by atoms with Gasteiger partial charge in [0.2, 0.25) is 0 Å². The van der Waals surface area contributed by atoms with Gasteiger partial charge in [0.25, 0.3) is 5.91 Å². The number of aromatic nitrogens is 1. The molecule has 6 heteroatoms. The summed E-state index contributed by atoms with van der Waals surface area (Å²) in [5.74, 6) is -0.153. The number of hydrogen-bond acceptors (Lipinski definition) is 5. The van der Waals surface area contributed by atoms with Crippen molar-refractivity contribution in [2.24, 2.45) is 0 Å².